The van der Waals surface area contributed by atoms with Gasteiger partial charge in [0, 0.05) is 25.8 Å². The molecule has 11 heteroatoms. The summed E-state index contributed by atoms with van der Waals surface area (Å²) in [4.78, 5) is 37.0. The molecule has 0 spiro atoms. The molecule has 7 N–H and O–H groups in total. The van der Waals surface area contributed by atoms with Gasteiger partial charge in [-0.25, -0.2) is 4.79 Å². The first-order chi connectivity index (χ1) is 15.9. The van der Waals surface area contributed by atoms with Crippen LogP contribution in [-0.4, -0.2) is 60.4 Å². The number of ether oxygens (including phenoxy) is 3. The van der Waals surface area contributed by atoms with Crippen LogP contribution in [0.2, 0.25) is 0 Å². The molecule has 194 valence electrons. The fourth-order valence-corrected chi connectivity index (χ4v) is 3.68. The number of hydrogen-bond donors (Lipinski definition) is 5. The number of carbonyl (C=O) groups excluding carboxylic acids is 3. The summed E-state index contributed by atoms with van der Waals surface area (Å²) in [7, 11) is 0. The number of esters is 2. The van der Waals surface area contributed by atoms with E-state index in [1.807, 2.05) is 27.7 Å². The zero-order valence-corrected chi connectivity index (χ0v) is 21.1. The molecule has 1 aliphatic carbocycles. The Morgan fingerprint density at radius 3 is 2.24 bits per heavy atom. The van der Waals surface area contributed by atoms with Crippen LogP contribution in [0.1, 0.15) is 67.2 Å². The quantitative estimate of drug-likeness (QED) is 0.117. The Labute approximate surface area is 201 Å². The van der Waals surface area contributed by atoms with Gasteiger partial charge >= 0.3 is 11.9 Å². The highest BCUT2D eigenvalue weighted by Gasteiger charge is 2.38. The molecular weight excluding hydrogens is 442 g/mol. The van der Waals surface area contributed by atoms with E-state index in [0.29, 0.717) is 6.42 Å². The molecule has 0 aromatic heterocycles. The van der Waals surface area contributed by atoms with E-state index in [-0.39, 0.29) is 35.9 Å². The van der Waals surface area contributed by atoms with Crippen LogP contribution in [0, 0.1) is 11.3 Å². The maximum absolute atomic E-state index is 12.9. The fourth-order valence-electron chi connectivity index (χ4n) is 3.68. The third-order valence-electron chi connectivity index (χ3n) is 5.91. The summed E-state index contributed by atoms with van der Waals surface area (Å²) in [5, 5.41) is 13.3. The second-order valence-electron chi connectivity index (χ2n) is 8.65. The van der Waals surface area contributed by atoms with Gasteiger partial charge in [-0.1, -0.05) is 34.1 Å². The minimum atomic E-state index is -1.15. The molecule has 0 aromatic carbocycles. The summed E-state index contributed by atoms with van der Waals surface area (Å²) in [6.45, 7) is 10.5. The SMILES string of the molecule is CCC(CC)O[C@@H]1C=C(C(=O)OC(C)OC(=O)[C@H](N)C(C)CC)C[C@H](NC(=N)N)[C@H]1NC(C)=O. The third-order valence-corrected chi connectivity index (χ3v) is 5.91. The van der Waals surface area contributed by atoms with E-state index in [1.54, 1.807) is 6.08 Å². The van der Waals surface area contributed by atoms with Gasteiger partial charge in [0.05, 0.1) is 24.3 Å². The lowest BCUT2D eigenvalue weighted by atomic mass is 9.87. The molecule has 1 rings (SSSR count). The number of amides is 1. The summed E-state index contributed by atoms with van der Waals surface area (Å²) >= 11 is 0. The molecule has 1 amide bonds. The van der Waals surface area contributed by atoms with E-state index < -0.39 is 42.5 Å². The highest BCUT2D eigenvalue weighted by atomic mass is 16.7. The summed E-state index contributed by atoms with van der Waals surface area (Å²) in [6, 6.07) is -1.98. The van der Waals surface area contributed by atoms with Gasteiger partial charge in [-0.2, -0.15) is 0 Å². The van der Waals surface area contributed by atoms with Crippen LogP contribution >= 0.6 is 0 Å². The van der Waals surface area contributed by atoms with Gasteiger partial charge in [0.25, 0.3) is 0 Å². The molecule has 0 fully saturated rings. The van der Waals surface area contributed by atoms with Crippen LogP contribution in [0.5, 0.6) is 0 Å². The second-order valence-corrected chi connectivity index (χ2v) is 8.65. The smallest absolute Gasteiger partial charge is 0.336 e. The van der Waals surface area contributed by atoms with E-state index in [0.717, 1.165) is 12.8 Å². The third kappa shape index (κ3) is 8.94. The van der Waals surface area contributed by atoms with Crippen molar-refractivity contribution in [2.24, 2.45) is 17.4 Å². The molecule has 6 atom stereocenters. The summed E-state index contributed by atoms with van der Waals surface area (Å²) in [5.41, 5.74) is 11.7. The maximum Gasteiger partial charge on any atom is 0.336 e. The normalized spacial score (nSPS) is 22.7. The average molecular weight is 484 g/mol. The monoisotopic (exact) mass is 483 g/mol. The zero-order chi connectivity index (χ0) is 26.0. The predicted octanol–water partition coefficient (Wildman–Crippen LogP) is 1.05. The summed E-state index contributed by atoms with van der Waals surface area (Å²) < 4.78 is 16.7. The fraction of sp³-hybridized carbons (Fsp3) is 0.739. The number of carbonyl (C=O) groups is 3. The molecule has 11 nitrogen and oxygen atoms in total. The Bertz CT molecular complexity index is 754. The van der Waals surface area contributed by atoms with Crippen molar-refractivity contribution >= 4 is 23.8 Å². The van der Waals surface area contributed by atoms with E-state index in [9.17, 15) is 14.4 Å². The Hall–Kier alpha value is -2.66. The molecule has 0 aromatic rings. The van der Waals surface area contributed by atoms with Crippen molar-refractivity contribution in [1.82, 2.24) is 10.6 Å². The van der Waals surface area contributed by atoms with E-state index in [4.69, 9.17) is 31.1 Å². The van der Waals surface area contributed by atoms with Gasteiger partial charge in [-0.05, 0) is 24.8 Å². The molecular formula is C23H41N5O6. The van der Waals surface area contributed by atoms with Crippen molar-refractivity contribution in [2.75, 3.05) is 0 Å². The first-order valence-electron chi connectivity index (χ1n) is 11.8. The Balaban J connectivity index is 3.09. The van der Waals surface area contributed by atoms with Gasteiger partial charge in [0.2, 0.25) is 12.2 Å². The van der Waals surface area contributed by atoms with Crippen molar-refractivity contribution in [3.63, 3.8) is 0 Å². The molecule has 0 heterocycles. The van der Waals surface area contributed by atoms with Crippen molar-refractivity contribution < 1.29 is 28.6 Å². The number of guanidine groups is 1. The molecule has 34 heavy (non-hydrogen) atoms. The first kappa shape index (κ1) is 29.4. The average Bonchev–Trinajstić information content (AvgIpc) is 2.76. The van der Waals surface area contributed by atoms with Gasteiger partial charge in [-0.15, -0.1) is 0 Å². The first-order valence-corrected chi connectivity index (χ1v) is 11.8. The van der Waals surface area contributed by atoms with Crippen LogP contribution in [0.4, 0.5) is 0 Å². The Morgan fingerprint density at radius 2 is 1.74 bits per heavy atom. The Morgan fingerprint density at radius 1 is 1.12 bits per heavy atom. The summed E-state index contributed by atoms with van der Waals surface area (Å²) in [5.74, 6) is -2.02. The molecule has 2 unspecified atom stereocenters. The molecule has 0 saturated heterocycles. The van der Waals surface area contributed by atoms with Crippen LogP contribution in [0.25, 0.3) is 0 Å². The van der Waals surface area contributed by atoms with Crippen molar-refractivity contribution in [2.45, 2.75) is 104 Å². The highest BCUT2D eigenvalue weighted by Crippen LogP contribution is 2.25. The van der Waals surface area contributed by atoms with Crippen LogP contribution in [0.15, 0.2) is 11.6 Å². The zero-order valence-electron chi connectivity index (χ0n) is 21.1. The summed E-state index contributed by atoms with van der Waals surface area (Å²) in [6.07, 6.45) is 1.98. The molecule has 0 aliphatic heterocycles. The van der Waals surface area contributed by atoms with E-state index in [2.05, 4.69) is 10.6 Å². The number of nitrogens with one attached hydrogen (secondary N) is 3. The minimum Gasteiger partial charge on any atom is -0.424 e. The molecule has 1 aliphatic rings. The second kappa shape index (κ2) is 13.9. The highest BCUT2D eigenvalue weighted by molar-refractivity contribution is 5.89. The van der Waals surface area contributed by atoms with Gasteiger partial charge in [-0.3, -0.25) is 15.0 Å². The lowest BCUT2D eigenvalue weighted by molar-refractivity contribution is -0.183. The minimum absolute atomic E-state index is 0.0800. The van der Waals surface area contributed by atoms with E-state index in [1.165, 1.54) is 13.8 Å². The standard InChI is InChI=1S/C23H41N5O6/c1-7-12(4)19(24)22(31)33-14(6)32-21(30)15-10-17(28-23(25)26)20(27-13(5)29)18(11-15)34-16(8-2)9-3/h11-12,14,16-20H,7-10,24H2,1-6H3,(H,27,29)(H4,25,26,28)/t12?,14?,17-,18+,19+,20+/m0/s1. The lowest BCUT2D eigenvalue weighted by Crippen LogP contribution is -2.60. The van der Waals surface area contributed by atoms with E-state index >= 15 is 0 Å². The largest absolute Gasteiger partial charge is 0.424 e. The number of rotatable bonds is 12. The van der Waals surface area contributed by atoms with Crippen LogP contribution < -0.4 is 22.1 Å². The van der Waals surface area contributed by atoms with Crippen molar-refractivity contribution in [3.8, 4) is 0 Å². The van der Waals surface area contributed by atoms with Crippen LogP contribution in [-0.2, 0) is 28.6 Å². The molecule has 0 saturated carbocycles. The maximum atomic E-state index is 12.9. The van der Waals surface area contributed by atoms with Gasteiger partial charge in [0.1, 0.15) is 6.04 Å². The Kier molecular flexibility index (Phi) is 12.0. The van der Waals surface area contributed by atoms with Crippen LogP contribution in [0.3, 0.4) is 0 Å². The number of hydrogen-bond acceptors (Lipinski definition) is 8. The van der Waals surface area contributed by atoms with Gasteiger partial charge < -0.3 is 36.3 Å². The lowest BCUT2D eigenvalue weighted by Gasteiger charge is -2.38. The number of nitrogens with two attached hydrogens (primary N) is 2. The topological polar surface area (TPSA) is 179 Å². The predicted molar refractivity (Wildman–Crippen MR) is 127 cm³/mol. The molecule has 0 bridgehead atoms. The van der Waals surface area contributed by atoms with Gasteiger partial charge in [0.15, 0.2) is 5.96 Å². The van der Waals surface area contributed by atoms with Crippen molar-refractivity contribution in [3.05, 3.63) is 11.6 Å². The molecule has 0 radical (unpaired) electrons. The van der Waals surface area contributed by atoms with Crippen molar-refractivity contribution in [1.29, 1.82) is 5.41 Å².